The third kappa shape index (κ3) is 5.38. The maximum Gasteiger partial charge on any atom is 0.322 e. The summed E-state index contributed by atoms with van der Waals surface area (Å²) in [5.74, 6) is 0.121. The van der Waals surface area contributed by atoms with Gasteiger partial charge in [0.1, 0.15) is 6.54 Å². The van der Waals surface area contributed by atoms with E-state index in [1.165, 1.54) is 15.8 Å². The van der Waals surface area contributed by atoms with Crippen molar-refractivity contribution in [1.82, 2.24) is 30.2 Å². The van der Waals surface area contributed by atoms with Crippen molar-refractivity contribution in [1.29, 1.82) is 0 Å². The monoisotopic (exact) mass is 317 g/mol. The Balaban J connectivity index is 1.75. The molecular weight excluding hydrogens is 298 g/mol. The van der Waals surface area contributed by atoms with Crippen LogP contribution in [0.15, 0.2) is 30.7 Å². The average molecular weight is 317 g/mol. The standard InChI is InChI=1S/C14H19N7O2/c1-20(2)14(23)17-12-9-21(19-18-12)10-13(22)16-7-5-11-4-3-6-15-8-11/h3-4,6,8-9H,5,7,10H2,1-2H3,(H,16,22)(H,17,23). The molecule has 0 saturated carbocycles. The molecule has 0 bridgehead atoms. The van der Waals surface area contributed by atoms with E-state index in [-0.39, 0.29) is 18.5 Å². The molecule has 2 heterocycles. The maximum absolute atomic E-state index is 11.8. The van der Waals surface area contributed by atoms with Crippen LogP contribution in [-0.2, 0) is 17.8 Å². The normalized spacial score (nSPS) is 10.2. The Hall–Kier alpha value is -2.97. The maximum atomic E-state index is 11.8. The third-order valence-corrected chi connectivity index (χ3v) is 2.94. The van der Waals surface area contributed by atoms with E-state index in [9.17, 15) is 9.59 Å². The number of amides is 3. The molecule has 122 valence electrons. The fourth-order valence-electron chi connectivity index (χ4n) is 1.75. The van der Waals surface area contributed by atoms with E-state index in [0.29, 0.717) is 18.8 Å². The average Bonchev–Trinajstić information content (AvgIpc) is 2.95. The van der Waals surface area contributed by atoms with Gasteiger partial charge in [-0.15, -0.1) is 5.10 Å². The number of rotatable bonds is 6. The summed E-state index contributed by atoms with van der Waals surface area (Å²) in [7, 11) is 3.24. The van der Waals surface area contributed by atoms with Gasteiger partial charge >= 0.3 is 6.03 Å². The lowest BCUT2D eigenvalue weighted by molar-refractivity contribution is -0.121. The van der Waals surface area contributed by atoms with Gasteiger partial charge in [-0.3, -0.25) is 15.1 Å². The summed E-state index contributed by atoms with van der Waals surface area (Å²) in [6.45, 7) is 0.557. The fraction of sp³-hybridized carbons (Fsp3) is 0.357. The summed E-state index contributed by atoms with van der Waals surface area (Å²) >= 11 is 0. The first-order valence-electron chi connectivity index (χ1n) is 7.08. The summed E-state index contributed by atoms with van der Waals surface area (Å²) in [5.41, 5.74) is 1.06. The van der Waals surface area contributed by atoms with E-state index in [1.807, 2.05) is 12.1 Å². The van der Waals surface area contributed by atoms with Crippen molar-refractivity contribution in [3.05, 3.63) is 36.3 Å². The second kappa shape index (κ2) is 7.87. The highest BCUT2D eigenvalue weighted by atomic mass is 16.2. The minimum absolute atomic E-state index is 0.0396. The lowest BCUT2D eigenvalue weighted by atomic mass is 10.2. The molecule has 9 heteroatoms. The van der Waals surface area contributed by atoms with E-state index in [4.69, 9.17) is 0 Å². The van der Waals surface area contributed by atoms with Gasteiger partial charge in [-0.1, -0.05) is 11.3 Å². The molecule has 0 aliphatic rings. The number of carbonyl (C=O) groups is 2. The van der Waals surface area contributed by atoms with Gasteiger partial charge in [0.25, 0.3) is 0 Å². The molecule has 0 aromatic carbocycles. The van der Waals surface area contributed by atoms with Gasteiger partial charge in [0.2, 0.25) is 5.91 Å². The molecule has 0 atom stereocenters. The van der Waals surface area contributed by atoms with Crippen LogP contribution in [0.4, 0.5) is 10.6 Å². The first kappa shape index (κ1) is 16.4. The van der Waals surface area contributed by atoms with Gasteiger partial charge in [0, 0.05) is 33.0 Å². The molecule has 0 unspecified atom stereocenters. The summed E-state index contributed by atoms with van der Waals surface area (Å²) in [6.07, 6.45) is 5.69. The molecule has 0 radical (unpaired) electrons. The zero-order valence-corrected chi connectivity index (χ0v) is 13.1. The predicted molar refractivity (Wildman–Crippen MR) is 83.7 cm³/mol. The number of anilines is 1. The van der Waals surface area contributed by atoms with E-state index in [1.54, 1.807) is 26.5 Å². The second-order valence-electron chi connectivity index (χ2n) is 5.09. The summed E-state index contributed by atoms with van der Waals surface area (Å²) < 4.78 is 1.37. The Labute approximate surface area is 133 Å². The van der Waals surface area contributed by atoms with Crippen LogP contribution >= 0.6 is 0 Å². The van der Waals surface area contributed by atoms with Crippen molar-refractivity contribution in [2.75, 3.05) is 26.0 Å². The molecule has 2 rings (SSSR count). The lowest BCUT2D eigenvalue weighted by Crippen LogP contribution is -2.29. The van der Waals surface area contributed by atoms with E-state index < -0.39 is 0 Å². The Morgan fingerprint density at radius 2 is 2.17 bits per heavy atom. The van der Waals surface area contributed by atoms with Crippen molar-refractivity contribution in [2.45, 2.75) is 13.0 Å². The SMILES string of the molecule is CN(C)C(=O)Nc1cn(CC(=O)NCCc2cccnc2)nn1. The van der Waals surface area contributed by atoms with E-state index in [0.717, 1.165) is 5.56 Å². The largest absolute Gasteiger partial charge is 0.354 e. The summed E-state index contributed by atoms with van der Waals surface area (Å²) in [5, 5.41) is 12.9. The highest BCUT2D eigenvalue weighted by Gasteiger charge is 2.09. The fourth-order valence-corrected chi connectivity index (χ4v) is 1.75. The van der Waals surface area contributed by atoms with Gasteiger partial charge in [-0.2, -0.15) is 0 Å². The van der Waals surface area contributed by atoms with Gasteiger partial charge in [0.15, 0.2) is 5.82 Å². The Kier molecular flexibility index (Phi) is 5.61. The Morgan fingerprint density at radius 3 is 2.87 bits per heavy atom. The summed E-state index contributed by atoms with van der Waals surface area (Å²) in [6, 6.07) is 3.50. The van der Waals surface area contributed by atoms with Gasteiger partial charge in [-0.25, -0.2) is 9.48 Å². The smallest absolute Gasteiger partial charge is 0.322 e. The summed E-state index contributed by atoms with van der Waals surface area (Å²) in [4.78, 5) is 28.7. The molecule has 2 aromatic heterocycles. The van der Waals surface area contributed by atoms with Crippen LogP contribution < -0.4 is 10.6 Å². The Bertz CT molecular complexity index is 654. The molecule has 0 fully saturated rings. The van der Waals surface area contributed by atoms with Crippen LogP contribution in [0.3, 0.4) is 0 Å². The molecule has 9 nitrogen and oxygen atoms in total. The number of hydrogen-bond acceptors (Lipinski definition) is 5. The van der Waals surface area contributed by atoms with Crippen LogP contribution in [0.2, 0.25) is 0 Å². The minimum atomic E-state index is -0.307. The number of nitrogens with zero attached hydrogens (tertiary/aromatic N) is 5. The van der Waals surface area contributed by atoms with Gasteiger partial charge in [0.05, 0.1) is 6.20 Å². The number of hydrogen-bond donors (Lipinski definition) is 2. The molecule has 0 aliphatic carbocycles. The Morgan fingerprint density at radius 1 is 1.35 bits per heavy atom. The van der Waals surface area contributed by atoms with Crippen molar-refractivity contribution in [2.24, 2.45) is 0 Å². The van der Waals surface area contributed by atoms with Crippen molar-refractivity contribution in [3.63, 3.8) is 0 Å². The topological polar surface area (TPSA) is 105 Å². The number of aromatic nitrogens is 4. The van der Waals surface area contributed by atoms with Crippen LogP contribution in [-0.4, -0.2) is 57.5 Å². The molecule has 0 saturated heterocycles. The van der Waals surface area contributed by atoms with Crippen LogP contribution in [0.5, 0.6) is 0 Å². The number of carbonyl (C=O) groups excluding carboxylic acids is 2. The van der Waals surface area contributed by atoms with E-state index in [2.05, 4.69) is 25.9 Å². The van der Waals surface area contributed by atoms with Gasteiger partial charge in [-0.05, 0) is 18.1 Å². The molecule has 3 amide bonds. The molecule has 23 heavy (non-hydrogen) atoms. The van der Waals surface area contributed by atoms with Crippen molar-refractivity contribution >= 4 is 17.8 Å². The van der Waals surface area contributed by atoms with Crippen LogP contribution in [0, 0.1) is 0 Å². The highest BCUT2D eigenvalue weighted by molar-refractivity contribution is 5.87. The zero-order chi connectivity index (χ0) is 16.7. The number of pyridine rings is 1. The van der Waals surface area contributed by atoms with Crippen LogP contribution in [0.25, 0.3) is 0 Å². The molecule has 2 N–H and O–H groups in total. The van der Waals surface area contributed by atoms with Crippen molar-refractivity contribution in [3.8, 4) is 0 Å². The van der Waals surface area contributed by atoms with Crippen molar-refractivity contribution < 1.29 is 9.59 Å². The number of nitrogens with one attached hydrogen (secondary N) is 2. The number of urea groups is 1. The lowest BCUT2D eigenvalue weighted by Gasteiger charge is -2.09. The molecule has 0 spiro atoms. The zero-order valence-electron chi connectivity index (χ0n) is 13.1. The first-order valence-corrected chi connectivity index (χ1v) is 7.08. The quantitative estimate of drug-likeness (QED) is 0.787. The highest BCUT2D eigenvalue weighted by Crippen LogP contribution is 2.01. The molecule has 2 aromatic rings. The predicted octanol–water partition coefficient (Wildman–Crippen LogP) is 0.126. The first-order chi connectivity index (χ1) is 11.0. The second-order valence-corrected chi connectivity index (χ2v) is 5.09. The minimum Gasteiger partial charge on any atom is -0.354 e. The third-order valence-electron chi connectivity index (χ3n) is 2.94. The molecule has 0 aliphatic heterocycles. The van der Waals surface area contributed by atoms with Gasteiger partial charge < -0.3 is 10.2 Å². The molecular formula is C14H19N7O2. The van der Waals surface area contributed by atoms with E-state index >= 15 is 0 Å². The van der Waals surface area contributed by atoms with Crippen LogP contribution in [0.1, 0.15) is 5.56 Å².